The largest absolute Gasteiger partial charge is 0.466 e. The van der Waals surface area contributed by atoms with Gasteiger partial charge in [0.05, 0.1) is 13.2 Å². The molecule has 0 saturated heterocycles. The number of ether oxygens (including phenoxy) is 1. The number of likely N-dealkylation sites (N-methyl/N-ethyl adjacent to an activating group) is 1. The van der Waals surface area contributed by atoms with Gasteiger partial charge in [-0.25, -0.2) is 0 Å². The number of nitrogens with zero attached hydrogens (tertiary/aromatic N) is 1. The van der Waals surface area contributed by atoms with Crippen LogP contribution in [0.1, 0.15) is 39.0 Å². The quantitative estimate of drug-likeness (QED) is 0.534. The SMILES string of the molecule is CCOC(=O)CCCNCC(=O)N(C)C1=CCCC1. The maximum atomic E-state index is 11.9. The molecule has 0 spiro atoms. The van der Waals surface area contributed by atoms with E-state index in [4.69, 9.17) is 4.74 Å². The van der Waals surface area contributed by atoms with E-state index >= 15 is 0 Å². The second kappa shape index (κ2) is 8.69. The van der Waals surface area contributed by atoms with E-state index in [9.17, 15) is 9.59 Å². The Balaban J connectivity index is 2.08. The van der Waals surface area contributed by atoms with Crippen molar-refractivity contribution in [3.63, 3.8) is 0 Å². The zero-order valence-corrected chi connectivity index (χ0v) is 11.9. The van der Waals surface area contributed by atoms with Crippen LogP contribution < -0.4 is 5.32 Å². The summed E-state index contributed by atoms with van der Waals surface area (Å²) in [5.74, 6) is -0.104. The molecule has 0 bridgehead atoms. The van der Waals surface area contributed by atoms with Crippen molar-refractivity contribution in [2.75, 3.05) is 26.7 Å². The lowest BCUT2D eigenvalue weighted by atomic mass is 10.3. The van der Waals surface area contributed by atoms with E-state index < -0.39 is 0 Å². The number of allylic oxidation sites excluding steroid dienone is 2. The molecule has 0 aliphatic heterocycles. The summed E-state index contributed by atoms with van der Waals surface area (Å²) in [7, 11) is 1.82. The van der Waals surface area contributed by atoms with Gasteiger partial charge in [-0.15, -0.1) is 0 Å². The van der Waals surface area contributed by atoms with E-state index in [2.05, 4.69) is 11.4 Å². The number of amides is 1. The molecule has 1 aliphatic rings. The molecule has 5 heteroatoms. The number of rotatable bonds is 8. The summed E-state index contributed by atoms with van der Waals surface area (Å²) in [6.07, 6.45) is 6.41. The molecule has 0 radical (unpaired) electrons. The van der Waals surface area contributed by atoms with E-state index in [1.165, 1.54) is 0 Å². The van der Waals surface area contributed by atoms with Gasteiger partial charge in [-0.05, 0) is 39.2 Å². The minimum Gasteiger partial charge on any atom is -0.466 e. The number of carbonyl (C=O) groups excluding carboxylic acids is 2. The van der Waals surface area contributed by atoms with Crippen LogP contribution in [0.25, 0.3) is 0 Å². The maximum absolute atomic E-state index is 11.9. The van der Waals surface area contributed by atoms with Gasteiger partial charge in [0.1, 0.15) is 0 Å². The third-order valence-electron chi connectivity index (χ3n) is 3.14. The summed E-state index contributed by atoms with van der Waals surface area (Å²) in [5.41, 5.74) is 1.12. The van der Waals surface area contributed by atoms with Gasteiger partial charge in [-0.2, -0.15) is 0 Å². The van der Waals surface area contributed by atoms with Crippen molar-refractivity contribution >= 4 is 11.9 Å². The standard InChI is InChI=1S/C14H24N2O3/c1-3-19-14(18)9-6-10-15-11-13(17)16(2)12-7-4-5-8-12/h7,15H,3-6,8-11H2,1-2H3. The highest BCUT2D eigenvalue weighted by atomic mass is 16.5. The van der Waals surface area contributed by atoms with Crippen LogP contribution in [0.3, 0.4) is 0 Å². The fraction of sp³-hybridized carbons (Fsp3) is 0.714. The van der Waals surface area contributed by atoms with Gasteiger partial charge in [0, 0.05) is 19.2 Å². The highest BCUT2D eigenvalue weighted by Crippen LogP contribution is 2.19. The Bertz CT molecular complexity index is 340. The number of esters is 1. The summed E-state index contributed by atoms with van der Waals surface area (Å²) in [4.78, 5) is 24.7. The predicted octanol–water partition coefficient (Wildman–Crippen LogP) is 1.45. The molecule has 0 atom stereocenters. The predicted molar refractivity (Wildman–Crippen MR) is 73.4 cm³/mol. The van der Waals surface area contributed by atoms with Crippen molar-refractivity contribution in [3.8, 4) is 0 Å². The molecule has 0 fully saturated rings. The molecule has 1 rings (SSSR count). The molecular formula is C14H24N2O3. The number of nitrogens with one attached hydrogen (secondary N) is 1. The Kier molecular flexibility index (Phi) is 7.18. The third-order valence-corrected chi connectivity index (χ3v) is 3.14. The van der Waals surface area contributed by atoms with Gasteiger partial charge in [-0.1, -0.05) is 6.08 Å². The minimum atomic E-state index is -0.177. The van der Waals surface area contributed by atoms with E-state index in [1.807, 2.05) is 7.05 Å². The summed E-state index contributed by atoms with van der Waals surface area (Å²) < 4.78 is 4.83. The summed E-state index contributed by atoms with van der Waals surface area (Å²) in [6, 6.07) is 0. The Morgan fingerprint density at radius 3 is 2.89 bits per heavy atom. The molecular weight excluding hydrogens is 244 g/mol. The van der Waals surface area contributed by atoms with Gasteiger partial charge < -0.3 is 15.0 Å². The van der Waals surface area contributed by atoms with Gasteiger partial charge in [-0.3, -0.25) is 9.59 Å². The topological polar surface area (TPSA) is 58.6 Å². The molecule has 0 heterocycles. The molecule has 0 aromatic rings. The van der Waals surface area contributed by atoms with Gasteiger partial charge in [0.2, 0.25) is 5.91 Å². The van der Waals surface area contributed by atoms with E-state index in [-0.39, 0.29) is 11.9 Å². The molecule has 1 amide bonds. The second-order valence-electron chi connectivity index (χ2n) is 4.63. The normalized spacial score (nSPS) is 14.1. The average Bonchev–Trinajstić information content (AvgIpc) is 2.91. The van der Waals surface area contributed by atoms with Crippen molar-refractivity contribution in [2.24, 2.45) is 0 Å². The first kappa shape index (κ1) is 15.7. The molecule has 0 saturated carbocycles. The number of hydrogen-bond donors (Lipinski definition) is 1. The molecule has 1 N–H and O–H groups in total. The lowest BCUT2D eigenvalue weighted by Gasteiger charge is -2.18. The van der Waals surface area contributed by atoms with Crippen molar-refractivity contribution in [3.05, 3.63) is 11.8 Å². The molecule has 108 valence electrons. The highest BCUT2D eigenvalue weighted by molar-refractivity contribution is 5.79. The molecule has 19 heavy (non-hydrogen) atoms. The Labute approximate surface area is 115 Å². The molecule has 0 aromatic heterocycles. The van der Waals surface area contributed by atoms with Gasteiger partial charge >= 0.3 is 5.97 Å². The first-order valence-corrected chi connectivity index (χ1v) is 6.97. The van der Waals surface area contributed by atoms with Gasteiger partial charge in [0.15, 0.2) is 0 Å². The summed E-state index contributed by atoms with van der Waals surface area (Å²) >= 11 is 0. The van der Waals surface area contributed by atoms with Crippen molar-refractivity contribution in [2.45, 2.75) is 39.0 Å². The van der Waals surface area contributed by atoms with Crippen LogP contribution in [0.2, 0.25) is 0 Å². The Morgan fingerprint density at radius 1 is 1.47 bits per heavy atom. The van der Waals surface area contributed by atoms with Crippen LogP contribution in [0.15, 0.2) is 11.8 Å². The van der Waals surface area contributed by atoms with Crippen LogP contribution in [0.5, 0.6) is 0 Å². The summed E-state index contributed by atoms with van der Waals surface area (Å²) in [5, 5.41) is 3.06. The maximum Gasteiger partial charge on any atom is 0.305 e. The fourth-order valence-corrected chi connectivity index (χ4v) is 2.02. The van der Waals surface area contributed by atoms with Crippen LogP contribution in [0, 0.1) is 0 Å². The van der Waals surface area contributed by atoms with Gasteiger partial charge in [0.25, 0.3) is 0 Å². The van der Waals surface area contributed by atoms with Crippen LogP contribution in [-0.4, -0.2) is 43.5 Å². The van der Waals surface area contributed by atoms with E-state index in [1.54, 1.807) is 11.8 Å². The molecule has 0 aromatic carbocycles. The zero-order valence-electron chi connectivity index (χ0n) is 11.9. The van der Waals surface area contributed by atoms with E-state index in [0.717, 1.165) is 25.0 Å². The second-order valence-corrected chi connectivity index (χ2v) is 4.63. The van der Waals surface area contributed by atoms with Crippen molar-refractivity contribution in [1.82, 2.24) is 10.2 Å². The smallest absolute Gasteiger partial charge is 0.305 e. The third kappa shape index (κ3) is 5.87. The first-order valence-electron chi connectivity index (χ1n) is 6.97. The monoisotopic (exact) mass is 268 g/mol. The Morgan fingerprint density at radius 2 is 2.26 bits per heavy atom. The first-order chi connectivity index (χ1) is 9.15. The highest BCUT2D eigenvalue weighted by Gasteiger charge is 2.15. The van der Waals surface area contributed by atoms with Crippen LogP contribution in [-0.2, 0) is 14.3 Å². The molecule has 1 aliphatic carbocycles. The van der Waals surface area contributed by atoms with Crippen LogP contribution in [0.4, 0.5) is 0 Å². The number of carbonyl (C=O) groups is 2. The van der Waals surface area contributed by atoms with Crippen molar-refractivity contribution < 1.29 is 14.3 Å². The average molecular weight is 268 g/mol. The summed E-state index contributed by atoms with van der Waals surface area (Å²) in [6.45, 7) is 3.18. The minimum absolute atomic E-state index is 0.0734. The van der Waals surface area contributed by atoms with Crippen molar-refractivity contribution in [1.29, 1.82) is 0 Å². The Hall–Kier alpha value is -1.36. The fourth-order valence-electron chi connectivity index (χ4n) is 2.02. The molecule has 0 unspecified atom stereocenters. The van der Waals surface area contributed by atoms with E-state index in [0.29, 0.717) is 32.5 Å². The molecule has 5 nitrogen and oxygen atoms in total. The zero-order chi connectivity index (χ0) is 14.1. The van der Waals surface area contributed by atoms with Crippen LogP contribution >= 0.6 is 0 Å². The number of hydrogen-bond acceptors (Lipinski definition) is 4. The lowest BCUT2D eigenvalue weighted by Crippen LogP contribution is -2.35. The lowest BCUT2D eigenvalue weighted by molar-refractivity contribution is -0.143.